The molecule has 70 valence electrons. The Kier molecular flexibility index (Phi) is 6.22. The zero-order valence-electron chi connectivity index (χ0n) is 7.13. The summed E-state index contributed by atoms with van der Waals surface area (Å²) in [4.78, 5) is 21.3. The Morgan fingerprint density at radius 1 is 1.42 bits per heavy atom. The van der Waals surface area contributed by atoms with E-state index < -0.39 is 11.9 Å². The van der Waals surface area contributed by atoms with E-state index in [1.165, 1.54) is 0 Å². The van der Waals surface area contributed by atoms with Crippen LogP contribution in [0.5, 0.6) is 0 Å². The fourth-order valence-electron chi connectivity index (χ4n) is 0.528. The van der Waals surface area contributed by atoms with Gasteiger partial charge in [0, 0.05) is 19.5 Å². The van der Waals surface area contributed by atoms with Crippen molar-refractivity contribution in [1.29, 1.82) is 0 Å². The van der Waals surface area contributed by atoms with Crippen LogP contribution in [0.4, 0.5) is 0 Å². The zero-order chi connectivity index (χ0) is 9.40. The van der Waals surface area contributed by atoms with E-state index >= 15 is 0 Å². The Hall–Kier alpha value is -0.940. The minimum atomic E-state index is -0.560. The Bertz CT molecular complexity index is 159. The van der Waals surface area contributed by atoms with Crippen LogP contribution in [-0.2, 0) is 14.3 Å². The topological polar surface area (TPSA) is 81.4 Å². The highest BCUT2D eigenvalue weighted by atomic mass is 16.6. The van der Waals surface area contributed by atoms with Crippen LogP contribution < -0.4 is 11.1 Å². The molecule has 12 heavy (non-hydrogen) atoms. The third kappa shape index (κ3) is 5.82. The Morgan fingerprint density at radius 2 is 2.08 bits per heavy atom. The van der Waals surface area contributed by atoms with Crippen LogP contribution >= 0.6 is 0 Å². The van der Waals surface area contributed by atoms with Gasteiger partial charge in [-0.2, -0.15) is 0 Å². The molecule has 0 saturated carbocycles. The van der Waals surface area contributed by atoms with Crippen LogP contribution in [0, 0.1) is 0 Å². The monoisotopic (exact) mass is 174 g/mol. The first-order valence-corrected chi connectivity index (χ1v) is 3.85. The molecule has 0 fully saturated rings. The lowest BCUT2D eigenvalue weighted by atomic mass is 10.5. The molecule has 0 rings (SSSR count). The normalized spacial score (nSPS) is 9.50. The van der Waals surface area contributed by atoms with Crippen LogP contribution in [-0.4, -0.2) is 31.6 Å². The van der Waals surface area contributed by atoms with Crippen molar-refractivity contribution in [3.8, 4) is 0 Å². The molecule has 3 N–H and O–H groups in total. The van der Waals surface area contributed by atoms with Crippen LogP contribution in [0.25, 0.3) is 0 Å². The number of carbonyl (C=O) groups excluding carboxylic acids is 2. The first kappa shape index (κ1) is 11.1. The average molecular weight is 174 g/mol. The SMILES string of the molecule is CCC(=O)OC(=O)CNCCN. The second-order valence-electron chi connectivity index (χ2n) is 2.17. The summed E-state index contributed by atoms with van der Waals surface area (Å²) in [6, 6.07) is 0. The smallest absolute Gasteiger partial charge is 0.327 e. The van der Waals surface area contributed by atoms with Gasteiger partial charge in [-0.15, -0.1) is 0 Å². The molecule has 0 aromatic carbocycles. The van der Waals surface area contributed by atoms with E-state index in [1.54, 1.807) is 6.92 Å². The van der Waals surface area contributed by atoms with Gasteiger partial charge in [-0.3, -0.25) is 9.59 Å². The van der Waals surface area contributed by atoms with Crippen LogP contribution in [0.2, 0.25) is 0 Å². The molecular weight excluding hydrogens is 160 g/mol. The maximum Gasteiger partial charge on any atom is 0.327 e. The number of nitrogens with two attached hydrogens (primary N) is 1. The van der Waals surface area contributed by atoms with Gasteiger partial charge in [0.05, 0.1) is 6.54 Å². The summed E-state index contributed by atoms with van der Waals surface area (Å²) >= 11 is 0. The molecule has 0 saturated heterocycles. The van der Waals surface area contributed by atoms with Gasteiger partial charge in [-0.25, -0.2) is 0 Å². The van der Waals surface area contributed by atoms with Crippen molar-refractivity contribution < 1.29 is 14.3 Å². The van der Waals surface area contributed by atoms with Gasteiger partial charge in [-0.1, -0.05) is 6.92 Å². The summed E-state index contributed by atoms with van der Waals surface area (Å²) in [6.45, 7) is 2.65. The van der Waals surface area contributed by atoms with Gasteiger partial charge in [0.1, 0.15) is 0 Å². The number of rotatable bonds is 5. The molecule has 5 heteroatoms. The molecule has 0 aliphatic carbocycles. The zero-order valence-corrected chi connectivity index (χ0v) is 7.13. The molecule has 5 nitrogen and oxygen atoms in total. The largest absolute Gasteiger partial charge is 0.392 e. The third-order valence-electron chi connectivity index (χ3n) is 1.11. The van der Waals surface area contributed by atoms with E-state index in [4.69, 9.17) is 5.73 Å². The standard InChI is InChI=1S/C7H14N2O3/c1-2-6(10)12-7(11)5-9-4-3-8/h9H,2-5,8H2,1H3. The predicted molar refractivity (Wildman–Crippen MR) is 43.3 cm³/mol. The number of esters is 2. The Balaban J connectivity index is 3.40. The van der Waals surface area contributed by atoms with Crippen LogP contribution in [0.1, 0.15) is 13.3 Å². The highest BCUT2D eigenvalue weighted by Crippen LogP contribution is 1.84. The van der Waals surface area contributed by atoms with Crippen molar-refractivity contribution in [2.24, 2.45) is 5.73 Å². The molecule has 0 aromatic heterocycles. The lowest BCUT2D eigenvalue weighted by Gasteiger charge is -2.01. The van der Waals surface area contributed by atoms with Gasteiger partial charge in [0.15, 0.2) is 0 Å². The fraction of sp³-hybridized carbons (Fsp3) is 0.714. The van der Waals surface area contributed by atoms with Gasteiger partial charge in [-0.05, 0) is 0 Å². The van der Waals surface area contributed by atoms with E-state index in [-0.39, 0.29) is 13.0 Å². The second kappa shape index (κ2) is 6.75. The minimum absolute atomic E-state index is 0.0307. The summed E-state index contributed by atoms with van der Waals surface area (Å²) < 4.78 is 4.36. The first-order valence-electron chi connectivity index (χ1n) is 3.85. The summed E-state index contributed by atoms with van der Waals surface area (Å²) in [7, 11) is 0. The Morgan fingerprint density at radius 3 is 2.58 bits per heavy atom. The number of carbonyl (C=O) groups is 2. The molecule has 0 aliphatic heterocycles. The lowest BCUT2D eigenvalue weighted by molar-refractivity contribution is -0.158. The van der Waals surface area contributed by atoms with Crippen molar-refractivity contribution in [2.45, 2.75) is 13.3 Å². The van der Waals surface area contributed by atoms with Gasteiger partial charge >= 0.3 is 11.9 Å². The molecule has 0 heterocycles. The van der Waals surface area contributed by atoms with E-state index in [2.05, 4.69) is 10.1 Å². The molecule has 0 aromatic rings. The maximum atomic E-state index is 10.7. The summed E-state index contributed by atoms with van der Waals surface area (Å²) in [5.41, 5.74) is 5.16. The van der Waals surface area contributed by atoms with Gasteiger partial charge in [0.2, 0.25) is 0 Å². The summed E-state index contributed by atoms with van der Waals surface area (Å²) in [5.74, 6) is -1.06. The predicted octanol–water partition coefficient (Wildman–Crippen LogP) is -0.985. The number of hydrogen-bond acceptors (Lipinski definition) is 5. The quantitative estimate of drug-likeness (QED) is 0.318. The van der Waals surface area contributed by atoms with Crippen molar-refractivity contribution in [3.05, 3.63) is 0 Å². The van der Waals surface area contributed by atoms with Gasteiger partial charge in [0.25, 0.3) is 0 Å². The van der Waals surface area contributed by atoms with Gasteiger partial charge < -0.3 is 15.8 Å². The molecule has 0 atom stereocenters. The van der Waals surface area contributed by atoms with Crippen molar-refractivity contribution >= 4 is 11.9 Å². The number of hydrogen-bond donors (Lipinski definition) is 2. The molecule has 0 spiro atoms. The minimum Gasteiger partial charge on any atom is -0.392 e. The van der Waals surface area contributed by atoms with Crippen LogP contribution in [0.3, 0.4) is 0 Å². The molecule has 0 radical (unpaired) electrons. The molecule has 0 aliphatic rings. The number of nitrogens with one attached hydrogen (secondary N) is 1. The highest BCUT2D eigenvalue weighted by Gasteiger charge is 2.06. The van der Waals surface area contributed by atoms with E-state index in [1.807, 2.05) is 0 Å². The Labute approximate surface area is 71.3 Å². The average Bonchev–Trinajstić information content (AvgIpc) is 2.05. The second-order valence-corrected chi connectivity index (χ2v) is 2.17. The molecule has 0 unspecified atom stereocenters. The third-order valence-corrected chi connectivity index (χ3v) is 1.11. The van der Waals surface area contributed by atoms with E-state index in [0.29, 0.717) is 13.1 Å². The van der Waals surface area contributed by atoms with E-state index in [0.717, 1.165) is 0 Å². The summed E-state index contributed by atoms with van der Waals surface area (Å²) in [6.07, 6.45) is 0.211. The molecular formula is C7H14N2O3. The molecule has 0 bridgehead atoms. The fourth-order valence-corrected chi connectivity index (χ4v) is 0.528. The summed E-state index contributed by atoms with van der Waals surface area (Å²) in [5, 5.41) is 2.71. The van der Waals surface area contributed by atoms with Crippen molar-refractivity contribution in [1.82, 2.24) is 5.32 Å². The first-order chi connectivity index (χ1) is 5.70. The lowest BCUT2D eigenvalue weighted by Crippen LogP contribution is -2.30. The van der Waals surface area contributed by atoms with Crippen molar-refractivity contribution in [3.63, 3.8) is 0 Å². The molecule has 0 amide bonds. The number of ether oxygens (including phenoxy) is 1. The van der Waals surface area contributed by atoms with E-state index in [9.17, 15) is 9.59 Å². The van der Waals surface area contributed by atoms with Crippen LogP contribution in [0.15, 0.2) is 0 Å². The van der Waals surface area contributed by atoms with Crippen molar-refractivity contribution in [2.75, 3.05) is 19.6 Å². The maximum absolute atomic E-state index is 10.7. The highest BCUT2D eigenvalue weighted by molar-refractivity contribution is 5.86.